The lowest BCUT2D eigenvalue weighted by molar-refractivity contribution is -0.384. The van der Waals surface area contributed by atoms with Crippen LogP contribution in [0.1, 0.15) is 22.8 Å². The number of hydrogen-bond donors (Lipinski definition) is 3. The molecule has 0 aliphatic heterocycles. The van der Waals surface area contributed by atoms with Gasteiger partial charge in [-0.15, -0.1) is 0 Å². The molecule has 0 saturated heterocycles. The number of nitrogens with one attached hydrogen (secondary N) is 1. The van der Waals surface area contributed by atoms with E-state index in [2.05, 4.69) is 5.32 Å². The summed E-state index contributed by atoms with van der Waals surface area (Å²) in [5.41, 5.74) is 6.30. The van der Waals surface area contributed by atoms with E-state index in [1.807, 2.05) is 0 Å². The maximum absolute atomic E-state index is 11.9. The number of carbonyl (C=O) groups excluding carboxylic acids is 1. The van der Waals surface area contributed by atoms with E-state index in [9.17, 15) is 20.0 Å². The fourth-order valence-electron chi connectivity index (χ4n) is 1.44. The topological polar surface area (TPSA) is 118 Å². The second-order valence-corrected chi connectivity index (χ2v) is 4.37. The summed E-state index contributed by atoms with van der Waals surface area (Å²) in [6.45, 7) is 3.31. The minimum Gasteiger partial charge on any atom is -0.392 e. The van der Waals surface area contributed by atoms with Gasteiger partial charge in [0.1, 0.15) is 0 Å². The molecule has 0 aliphatic carbocycles. The number of hydrogen-bond acceptors (Lipinski definition) is 5. The predicted molar refractivity (Wildman–Crippen MR) is 69.8 cm³/mol. The number of aryl methyl sites for hydroxylation is 1. The minimum atomic E-state index is -0.744. The summed E-state index contributed by atoms with van der Waals surface area (Å²) in [6, 6.07) is 3.50. The van der Waals surface area contributed by atoms with Crippen molar-refractivity contribution in [2.45, 2.75) is 26.0 Å². The van der Waals surface area contributed by atoms with Gasteiger partial charge < -0.3 is 16.2 Å². The molecule has 0 fully saturated rings. The molecule has 4 N–H and O–H groups in total. The number of nitro benzene ring substituents is 1. The molecule has 1 aromatic carbocycles. The third-order valence-corrected chi connectivity index (χ3v) is 2.79. The number of nitro groups is 1. The highest BCUT2D eigenvalue weighted by Gasteiger charge is 2.16. The number of nitrogens with two attached hydrogens (primary N) is 1. The Morgan fingerprint density at radius 2 is 2.21 bits per heavy atom. The molecular weight excluding hydrogens is 250 g/mol. The van der Waals surface area contributed by atoms with E-state index < -0.39 is 23.0 Å². The molecule has 7 nitrogen and oxygen atoms in total. The summed E-state index contributed by atoms with van der Waals surface area (Å²) >= 11 is 0. The van der Waals surface area contributed by atoms with Gasteiger partial charge in [0.15, 0.2) is 0 Å². The molecule has 7 heteroatoms. The third kappa shape index (κ3) is 4.01. The lowest BCUT2D eigenvalue weighted by Crippen LogP contribution is -2.43. The first-order chi connectivity index (χ1) is 8.82. The van der Waals surface area contributed by atoms with Crippen molar-refractivity contribution in [2.24, 2.45) is 5.73 Å². The van der Waals surface area contributed by atoms with Crippen LogP contribution in [0.25, 0.3) is 0 Å². The van der Waals surface area contributed by atoms with Gasteiger partial charge in [0.05, 0.1) is 11.0 Å². The van der Waals surface area contributed by atoms with E-state index >= 15 is 0 Å². The smallest absolute Gasteiger partial charge is 0.270 e. The van der Waals surface area contributed by atoms with Crippen molar-refractivity contribution < 1.29 is 14.8 Å². The molecule has 104 valence electrons. The van der Waals surface area contributed by atoms with Crippen LogP contribution >= 0.6 is 0 Å². The van der Waals surface area contributed by atoms with Crippen LogP contribution in [0.2, 0.25) is 0 Å². The predicted octanol–water partition coefficient (Wildman–Crippen LogP) is 0.341. The van der Waals surface area contributed by atoms with Gasteiger partial charge in [0, 0.05) is 30.3 Å². The highest BCUT2D eigenvalue weighted by molar-refractivity contribution is 5.96. The highest BCUT2D eigenvalue weighted by atomic mass is 16.6. The molecule has 2 atom stereocenters. The molecule has 1 rings (SSSR count). The van der Waals surface area contributed by atoms with Crippen LogP contribution in [-0.4, -0.2) is 34.6 Å². The quantitative estimate of drug-likeness (QED) is 0.525. The summed E-state index contributed by atoms with van der Waals surface area (Å²) < 4.78 is 0. The zero-order valence-corrected chi connectivity index (χ0v) is 10.8. The number of benzene rings is 1. The van der Waals surface area contributed by atoms with E-state index in [-0.39, 0.29) is 17.8 Å². The monoisotopic (exact) mass is 267 g/mol. The Morgan fingerprint density at radius 3 is 2.74 bits per heavy atom. The first-order valence-electron chi connectivity index (χ1n) is 5.79. The number of carbonyl (C=O) groups is 1. The summed E-state index contributed by atoms with van der Waals surface area (Å²) in [6.07, 6.45) is -0.744. The first kappa shape index (κ1) is 15.1. The van der Waals surface area contributed by atoms with Crippen LogP contribution in [0.3, 0.4) is 0 Å². The van der Waals surface area contributed by atoms with Gasteiger partial charge >= 0.3 is 0 Å². The largest absolute Gasteiger partial charge is 0.392 e. The van der Waals surface area contributed by atoms with Crippen molar-refractivity contribution >= 4 is 11.6 Å². The van der Waals surface area contributed by atoms with Crippen LogP contribution in [-0.2, 0) is 0 Å². The SMILES string of the molecule is Cc1ccc([N+](=O)[O-])cc1C(=O)NCC(N)C(C)O. The number of nitrogens with zero attached hydrogens (tertiary/aromatic N) is 1. The van der Waals surface area contributed by atoms with Crippen LogP contribution in [0.4, 0.5) is 5.69 Å². The average molecular weight is 267 g/mol. The van der Waals surface area contributed by atoms with Crippen LogP contribution in [0.5, 0.6) is 0 Å². The molecular formula is C12H17N3O4. The molecule has 19 heavy (non-hydrogen) atoms. The fraction of sp³-hybridized carbons (Fsp3) is 0.417. The van der Waals surface area contributed by atoms with Crippen molar-refractivity contribution in [3.05, 3.63) is 39.4 Å². The fourth-order valence-corrected chi connectivity index (χ4v) is 1.44. The van der Waals surface area contributed by atoms with Crippen molar-refractivity contribution in [3.63, 3.8) is 0 Å². The van der Waals surface area contributed by atoms with Crippen molar-refractivity contribution in [1.82, 2.24) is 5.32 Å². The van der Waals surface area contributed by atoms with Gasteiger partial charge in [-0.2, -0.15) is 0 Å². The van der Waals surface area contributed by atoms with Crippen molar-refractivity contribution in [2.75, 3.05) is 6.54 Å². The molecule has 2 unspecified atom stereocenters. The summed E-state index contributed by atoms with van der Waals surface area (Å²) in [7, 11) is 0. The highest BCUT2D eigenvalue weighted by Crippen LogP contribution is 2.17. The van der Waals surface area contributed by atoms with Gasteiger partial charge in [-0.05, 0) is 19.4 Å². The molecule has 0 spiro atoms. The Bertz CT molecular complexity index is 488. The van der Waals surface area contributed by atoms with Crippen molar-refractivity contribution in [1.29, 1.82) is 0 Å². The third-order valence-electron chi connectivity index (χ3n) is 2.79. The zero-order valence-electron chi connectivity index (χ0n) is 10.8. The standard InChI is InChI=1S/C12H17N3O4/c1-7-3-4-9(15(18)19)5-10(7)12(17)14-6-11(13)8(2)16/h3-5,8,11,16H,6,13H2,1-2H3,(H,14,17). The minimum absolute atomic E-state index is 0.0959. The Balaban J connectivity index is 2.82. The van der Waals surface area contributed by atoms with E-state index in [4.69, 9.17) is 5.73 Å². The maximum Gasteiger partial charge on any atom is 0.270 e. The van der Waals surface area contributed by atoms with Crippen LogP contribution in [0, 0.1) is 17.0 Å². The van der Waals surface area contributed by atoms with Gasteiger partial charge in [-0.1, -0.05) is 6.07 Å². The van der Waals surface area contributed by atoms with Gasteiger partial charge in [-0.25, -0.2) is 0 Å². The zero-order chi connectivity index (χ0) is 14.6. The van der Waals surface area contributed by atoms with Gasteiger partial charge in [-0.3, -0.25) is 14.9 Å². The Morgan fingerprint density at radius 1 is 1.58 bits per heavy atom. The van der Waals surface area contributed by atoms with Crippen LogP contribution < -0.4 is 11.1 Å². The van der Waals surface area contributed by atoms with E-state index in [0.29, 0.717) is 5.56 Å². The second-order valence-electron chi connectivity index (χ2n) is 4.37. The Labute approximate surface area is 110 Å². The first-order valence-corrected chi connectivity index (χ1v) is 5.79. The Hall–Kier alpha value is -1.99. The summed E-state index contributed by atoms with van der Waals surface area (Å²) in [5.74, 6) is -0.447. The molecule has 0 saturated carbocycles. The summed E-state index contributed by atoms with van der Waals surface area (Å²) in [5, 5.41) is 22.4. The molecule has 1 amide bonds. The number of aliphatic hydroxyl groups is 1. The molecule has 1 aromatic rings. The normalized spacial score (nSPS) is 13.7. The molecule has 0 aromatic heterocycles. The molecule has 0 radical (unpaired) electrons. The van der Waals surface area contributed by atoms with Gasteiger partial charge in [0.2, 0.25) is 0 Å². The van der Waals surface area contributed by atoms with E-state index in [1.165, 1.54) is 25.1 Å². The van der Waals surface area contributed by atoms with E-state index in [0.717, 1.165) is 0 Å². The van der Waals surface area contributed by atoms with E-state index in [1.54, 1.807) is 6.92 Å². The number of rotatable bonds is 5. The lowest BCUT2D eigenvalue weighted by atomic mass is 10.1. The molecule has 0 heterocycles. The van der Waals surface area contributed by atoms with Gasteiger partial charge in [0.25, 0.3) is 11.6 Å². The average Bonchev–Trinajstić information content (AvgIpc) is 2.35. The maximum atomic E-state index is 11.9. The number of aliphatic hydroxyl groups excluding tert-OH is 1. The lowest BCUT2D eigenvalue weighted by Gasteiger charge is -2.15. The second kappa shape index (κ2) is 6.26. The molecule has 0 bridgehead atoms. The summed E-state index contributed by atoms with van der Waals surface area (Å²) in [4.78, 5) is 22.0. The number of non-ortho nitro benzene ring substituents is 1. The van der Waals surface area contributed by atoms with Crippen LogP contribution in [0.15, 0.2) is 18.2 Å². The van der Waals surface area contributed by atoms with Crippen molar-refractivity contribution in [3.8, 4) is 0 Å². The molecule has 0 aliphatic rings. The Kier molecular flexibility index (Phi) is 4.96. The number of amides is 1.